The van der Waals surface area contributed by atoms with Crippen LogP contribution in [-0.4, -0.2) is 43.1 Å². The van der Waals surface area contributed by atoms with Crippen LogP contribution in [0, 0.1) is 0 Å². The number of hydrogen-bond donors (Lipinski definition) is 2. The summed E-state index contributed by atoms with van der Waals surface area (Å²) in [6, 6.07) is 6.47. The summed E-state index contributed by atoms with van der Waals surface area (Å²) >= 11 is 0. The van der Waals surface area contributed by atoms with E-state index in [1.54, 1.807) is 0 Å². The fourth-order valence-electron chi connectivity index (χ4n) is 3.24. The second kappa shape index (κ2) is 8.77. The molecule has 0 bridgehead atoms. The number of sulfonamides is 1. The molecule has 0 aliphatic carbocycles. The number of benzene rings is 2. The monoisotopic (exact) mass is 478 g/mol. The summed E-state index contributed by atoms with van der Waals surface area (Å²) in [5.74, 6) is 0.390. The van der Waals surface area contributed by atoms with Gasteiger partial charge < -0.3 is 10.1 Å². The average molecular weight is 479 g/mol. The molecule has 0 aromatic heterocycles. The molecular weight excluding hydrogens is 457 g/mol. The van der Waals surface area contributed by atoms with Crippen molar-refractivity contribution >= 4 is 19.9 Å². The molecule has 1 fully saturated rings. The van der Waals surface area contributed by atoms with Crippen LogP contribution in [0.25, 0.3) is 0 Å². The van der Waals surface area contributed by atoms with Gasteiger partial charge in [-0.15, -0.1) is 0 Å². The Morgan fingerprint density at radius 2 is 1.55 bits per heavy atom. The van der Waals surface area contributed by atoms with Crippen LogP contribution in [0.3, 0.4) is 0 Å². The molecule has 1 saturated heterocycles. The lowest BCUT2D eigenvalue weighted by atomic mass is 10.1. The highest BCUT2D eigenvalue weighted by Crippen LogP contribution is 2.36. The predicted molar refractivity (Wildman–Crippen MR) is 106 cm³/mol. The first kappa shape index (κ1) is 23.5. The number of nitrogens with one attached hydrogen (secondary N) is 2. The van der Waals surface area contributed by atoms with Crippen LogP contribution >= 0.6 is 0 Å². The van der Waals surface area contributed by atoms with E-state index in [4.69, 9.17) is 4.74 Å². The Morgan fingerprint density at radius 1 is 0.968 bits per heavy atom. The van der Waals surface area contributed by atoms with Gasteiger partial charge in [-0.2, -0.15) is 13.2 Å². The number of halogens is 3. The van der Waals surface area contributed by atoms with Gasteiger partial charge in [0.1, 0.15) is 5.75 Å². The molecule has 0 amide bonds. The number of ether oxygens (including phenoxy) is 1. The summed E-state index contributed by atoms with van der Waals surface area (Å²) in [5, 5.41) is 3.03. The second-order valence-corrected chi connectivity index (χ2v) is 10.6. The molecule has 2 aromatic carbocycles. The molecule has 2 aromatic rings. The molecule has 0 atom stereocenters. The Labute approximate surface area is 178 Å². The molecule has 12 heteroatoms. The minimum Gasteiger partial charge on any atom is -0.497 e. The number of rotatable bonds is 6. The van der Waals surface area contributed by atoms with Crippen LogP contribution in [0.5, 0.6) is 5.75 Å². The van der Waals surface area contributed by atoms with Gasteiger partial charge in [0.2, 0.25) is 19.9 Å². The van der Waals surface area contributed by atoms with Crippen LogP contribution < -0.4 is 14.8 Å². The highest BCUT2D eigenvalue weighted by Gasteiger charge is 2.39. The maximum Gasteiger partial charge on any atom is 0.417 e. The van der Waals surface area contributed by atoms with Crippen molar-refractivity contribution in [1.29, 1.82) is 0 Å². The van der Waals surface area contributed by atoms with Gasteiger partial charge in [-0.1, -0.05) is 0 Å². The molecule has 0 spiro atoms. The maximum atomic E-state index is 13.5. The third-order valence-corrected chi connectivity index (χ3v) is 8.22. The molecular formula is C19H21F3N2O5S2. The van der Waals surface area contributed by atoms with Gasteiger partial charge in [-0.25, -0.2) is 21.6 Å². The zero-order chi connectivity index (χ0) is 22.9. The topological polar surface area (TPSA) is 102 Å². The molecule has 3 rings (SSSR count). The number of piperidine rings is 1. The van der Waals surface area contributed by atoms with Gasteiger partial charge in [0.05, 0.1) is 27.4 Å². The van der Waals surface area contributed by atoms with Crippen molar-refractivity contribution in [3.05, 3.63) is 48.0 Å². The lowest BCUT2D eigenvalue weighted by Crippen LogP contribution is -2.43. The molecule has 7 nitrogen and oxygen atoms in total. The van der Waals surface area contributed by atoms with Crippen LogP contribution in [-0.2, 0) is 26.0 Å². The predicted octanol–water partition coefficient (Wildman–Crippen LogP) is 2.58. The summed E-state index contributed by atoms with van der Waals surface area (Å²) < 4.78 is 99.3. The average Bonchev–Trinajstić information content (AvgIpc) is 2.73. The minimum absolute atomic E-state index is 0.206. The summed E-state index contributed by atoms with van der Waals surface area (Å²) in [6.45, 7) is 1.04. The highest BCUT2D eigenvalue weighted by molar-refractivity contribution is 7.91. The Bertz CT molecular complexity index is 1140. The number of methoxy groups -OCH3 is 1. The molecule has 0 radical (unpaired) electrons. The smallest absolute Gasteiger partial charge is 0.417 e. The third-order valence-electron chi connectivity index (χ3n) is 4.89. The fraction of sp³-hybridized carbons (Fsp3) is 0.368. The summed E-state index contributed by atoms with van der Waals surface area (Å²) in [5.41, 5.74) is -1.43. The number of hydrogen-bond acceptors (Lipinski definition) is 6. The van der Waals surface area contributed by atoms with E-state index in [0.29, 0.717) is 43.8 Å². The molecule has 1 aliphatic rings. The summed E-state index contributed by atoms with van der Waals surface area (Å²) in [7, 11) is -7.50. The van der Waals surface area contributed by atoms with E-state index < -0.39 is 47.4 Å². The zero-order valence-corrected chi connectivity index (χ0v) is 18.1. The minimum atomic E-state index is -4.99. The van der Waals surface area contributed by atoms with E-state index in [0.717, 1.165) is 6.07 Å². The van der Waals surface area contributed by atoms with Gasteiger partial charge in [0.25, 0.3) is 0 Å². The van der Waals surface area contributed by atoms with Crippen molar-refractivity contribution in [3.8, 4) is 5.75 Å². The number of sulfone groups is 1. The second-order valence-electron chi connectivity index (χ2n) is 6.98. The zero-order valence-electron chi connectivity index (χ0n) is 16.4. The molecule has 170 valence electrons. The molecule has 31 heavy (non-hydrogen) atoms. The van der Waals surface area contributed by atoms with Gasteiger partial charge in [0, 0.05) is 6.04 Å². The van der Waals surface area contributed by atoms with E-state index in [9.17, 15) is 30.0 Å². The SMILES string of the molecule is COc1ccc(S(=O)(=O)c2ccc(C(F)(F)F)c(S(=O)(=O)NC3CCNCC3)c2)cc1. The largest absolute Gasteiger partial charge is 0.497 e. The Balaban J connectivity index is 2.08. The first-order chi connectivity index (χ1) is 14.4. The van der Waals surface area contributed by atoms with Crippen molar-refractivity contribution in [2.75, 3.05) is 20.2 Å². The van der Waals surface area contributed by atoms with Gasteiger partial charge >= 0.3 is 6.18 Å². The Morgan fingerprint density at radius 3 is 2.10 bits per heavy atom. The van der Waals surface area contributed by atoms with Crippen molar-refractivity contribution in [2.24, 2.45) is 0 Å². The standard InChI is InChI=1S/C19H21F3N2O5S2/c1-29-14-2-4-15(5-3-14)30(25,26)16-6-7-17(19(20,21)22)18(12-16)31(27,28)24-13-8-10-23-11-9-13/h2-7,12-13,23-24H,8-11H2,1H3. The van der Waals surface area contributed by atoms with E-state index in [1.807, 2.05) is 0 Å². The Hall–Kier alpha value is -2.15. The van der Waals surface area contributed by atoms with Crippen LogP contribution in [0.1, 0.15) is 18.4 Å². The van der Waals surface area contributed by atoms with Crippen molar-refractivity contribution < 1.29 is 34.7 Å². The van der Waals surface area contributed by atoms with Gasteiger partial charge in [0.15, 0.2) is 0 Å². The molecule has 2 N–H and O–H groups in total. The fourth-order valence-corrected chi connectivity index (χ4v) is 6.16. The maximum absolute atomic E-state index is 13.5. The lowest BCUT2D eigenvalue weighted by molar-refractivity contribution is -0.139. The summed E-state index contributed by atoms with van der Waals surface area (Å²) in [6.07, 6.45) is -4.17. The first-order valence-electron chi connectivity index (χ1n) is 9.28. The van der Waals surface area contributed by atoms with E-state index in [2.05, 4.69) is 10.0 Å². The van der Waals surface area contributed by atoms with E-state index in [1.165, 1.54) is 31.4 Å². The molecule has 0 unspecified atom stereocenters. The molecule has 1 aliphatic heterocycles. The van der Waals surface area contributed by atoms with Crippen LogP contribution in [0.4, 0.5) is 13.2 Å². The van der Waals surface area contributed by atoms with Gasteiger partial charge in [-0.3, -0.25) is 0 Å². The number of alkyl halides is 3. The van der Waals surface area contributed by atoms with Gasteiger partial charge in [-0.05, 0) is 68.4 Å². The van der Waals surface area contributed by atoms with E-state index in [-0.39, 0.29) is 4.90 Å². The first-order valence-corrected chi connectivity index (χ1v) is 12.3. The Kier molecular flexibility index (Phi) is 6.65. The van der Waals surface area contributed by atoms with Crippen LogP contribution in [0.2, 0.25) is 0 Å². The highest BCUT2D eigenvalue weighted by atomic mass is 32.2. The van der Waals surface area contributed by atoms with Crippen molar-refractivity contribution in [1.82, 2.24) is 10.0 Å². The third kappa shape index (κ3) is 5.20. The van der Waals surface area contributed by atoms with Crippen LogP contribution in [0.15, 0.2) is 57.2 Å². The quantitative estimate of drug-likeness (QED) is 0.662. The van der Waals surface area contributed by atoms with Crippen molar-refractivity contribution in [2.45, 2.75) is 39.7 Å². The molecule has 1 heterocycles. The molecule has 0 saturated carbocycles. The normalized spacial score (nSPS) is 16.3. The summed E-state index contributed by atoms with van der Waals surface area (Å²) in [4.78, 5) is -1.88. The van der Waals surface area contributed by atoms with E-state index >= 15 is 0 Å². The lowest BCUT2D eigenvalue weighted by Gasteiger charge is -2.24. The van der Waals surface area contributed by atoms with Crippen molar-refractivity contribution in [3.63, 3.8) is 0 Å².